The van der Waals surface area contributed by atoms with Gasteiger partial charge in [-0.3, -0.25) is 0 Å². The van der Waals surface area contributed by atoms with Crippen LogP contribution in [0.4, 0.5) is 8.78 Å². The van der Waals surface area contributed by atoms with Gasteiger partial charge in [-0.15, -0.1) is 0 Å². The molecule has 134 valence electrons. The first-order valence-corrected chi connectivity index (χ1v) is 8.50. The van der Waals surface area contributed by atoms with Crippen molar-refractivity contribution in [2.24, 2.45) is 0 Å². The maximum Gasteiger partial charge on any atom is 0.201 e. The molecule has 3 nitrogen and oxygen atoms in total. The molecule has 0 saturated carbocycles. The second kappa shape index (κ2) is 7.93. The van der Waals surface area contributed by atoms with E-state index in [9.17, 15) is 8.78 Å². The molecule has 0 spiro atoms. The van der Waals surface area contributed by atoms with Gasteiger partial charge in [-0.05, 0) is 31.0 Å². The van der Waals surface area contributed by atoms with Crippen molar-refractivity contribution < 1.29 is 23.0 Å². The van der Waals surface area contributed by atoms with E-state index in [1.54, 1.807) is 0 Å². The summed E-state index contributed by atoms with van der Waals surface area (Å²) in [6.07, 6.45) is -0.186. The predicted molar refractivity (Wildman–Crippen MR) is 90.7 cm³/mol. The van der Waals surface area contributed by atoms with Gasteiger partial charge >= 0.3 is 0 Å². The quantitative estimate of drug-likeness (QED) is 0.770. The first-order valence-electron chi connectivity index (χ1n) is 8.50. The van der Waals surface area contributed by atoms with Gasteiger partial charge in [-0.1, -0.05) is 36.8 Å². The first kappa shape index (κ1) is 17.8. The normalized spacial score (nSPS) is 20.5. The topological polar surface area (TPSA) is 27.7 Å². The lowest BCUT2D eigenvalue weighted by atomic mass is 9.99. The minimum atomic E-state index is -1.00. The van der Waals surface area contributed by atoms with Gasteiger partial charge in [0, 0.05) is 11.5 Å². The SMILES string of the molecule is CCCOc1ccc(C2OCC(c3ccc(C)cc3)CO2)c(F)c1F. The molecule has 1 fully saturated rings. The van der Waals surface area contributed by atoms with E-state index in [2.05, 4.69) is 0 Å². The summed E-state index contributed by atoms with van der Waals surface area (Å²) >= 11 is 0. The van der Waals surface area contributed by atoms with Crippen LogP contribution in [0.2, 0.25) is 0 Å². The van der Waals surface area contributed by atoms with Crippen LogP contribution in [0.15, 0.2) is 36.4 Å². The van der Waals surface area contributed by atoms with Crippen LogP contribution < -0.4 is 4.74 Å². The van der Waals surface area contributed by atoms with E-state index in [1.807, 2.05) is 38.1 Å². The van der Waals surface area contributed by atoms with Crippen molar-refractivity contribution in [3.05, 3.63) is 64.7 Å². The van der Waals surface area contributed by atoms with Gasteiger partial charge in [0.2, 0.25) is 5.82 Å². The van der Waals surface area contributed by atoms with Crippen molar-refractivity contribution in [1.29, 1.82) is 0 Å². The van der Waals surface area contributed by atoms with Crippen LogP contribution in [0.3, 0.4) is 0 Å². The summed E-state index contributed by atoms with van der Waals surface area (Å²) in [5.41, 5.74) is 2.35. The van der Waals surface area contributed by atoms with Crippen LogP contribution >= 0.6 is 0 Å². The fourth-order valence-corrected chi connectivity index (χ4v) is 2.77. The Morgan fingerprint density at radius 3 is 2.32 bits per heavy atom. The van der Waals surface area contributed by atoms with Gasteiger partial charge in [0.1, 0.15) is 0 Å². The highest BCUT2D eigenvalue weighted by atomic mass is 19.2. The van der Waals surface area contributed by atoms with E-state index in [1.165, 1.54) is 17.7 Å². The zero-order valence-corrected chi connectivity index (χ0v) is 14.4. The predicted octanol–water partition coefficient (Wildman–Crippen LogP) is 4.89. The Balaban J connectivity index is 1.68. The Hall–Kier alpha value is -1.98. The average molecular weight is 348 g/mol. The molecule has 0 unspecified atom stereocenters. The van der Waals surface area contributed by atoms with Crippen LogP contribution in [-0.2, 0) is 9.47 Å². The second-order valence-electron chi connectivity index (χ2n) is 6.24. The summed E-state index contributed by atoms with van der Waals surface area (Å²) in [6.45, 7) is 5.05. The largest absolute Gasteiger partial charge is 0.490 e. The minimum Gasteiger partial charge on any atom is -0.490 e. The molecule has 1 aliphatic heterocycles. The zero-order valence-electron chi connectivity index (χ0n) is 14.4. The maximum atomic E-state index is 14.3. The number of ether oxygens (including phenoxy) is 3. The molecule has 25 heavy (non-hydrogen) atoms. The molecular weight excluding hydrogens is 326 g/mol. The standard InChI is InChI=1S/C20H22F2O3/c1-3-10-23-17-9-8-16(18(21)19(17)22)20-24-11-15(12-25-20)14-6-4-13(2)5-7-14/h4-9,15,20H,3,10-12H2,1-2H3. The van der Waals surface area contributed by atoms with E-state index >= 15 is 0 Å². The van der Waals surface area contributed by atoms with E-state index in [0.29, 0.717) is 19.8 Å². The maximum absolute atomic E-state index is 14.3. The van der Waals surface area contributed by atoms with Gasteiger partial charge in [0.25, 0.3) is 0 Å². The van der Waals surface area contributed by atoms with Crippen molar-refractivity contribution in [3.8, 4) is 5.75 Å². The van der Waals surface area contributed by atoms with Crippen LogP contribution in [0.5, 0.6) is 5.75 Å². The molecule has 0 N–H and O–H groups in total. The Kier molecular flexibility index (Phi) is 5.66. The smallest absolute Gasteiger partial charge is 0.201 e. The monoisotopic (exact) mass is 348 g/mol. The highest BCUT2D eigenvalue weighted by Gasteiger charge is 2.28. The van der Waals surface area contributed by atoms with E-state index in [4.69, 9.17) is 14.2 Å². The lowest BCUT2D eigenvalue weighted by Crippen LogP contribution is -2.26. The van der Waals surface area contributed by atoms with Gasteiger partial charge in [-0.2, -0.15) is 4.39 Å². The van der Waals surface area contributed by atoms with Crippen molar-refractivity contribution >= 4 is 0 Å². The Morgan fingerprint density at radius 1 is 1.00 bits per heavy atom. The molecule has 2 aromatic rings. The van der Waals surface area contributed by atoms with Crippen LogP contribution in [0.1, 0.15) is 42.2 Å². The number of halogens is 2. The summed E-state index contributed by atoms with van der Waals surface area (Å²) in [7, 11) is 0. The minimum absolute atomic E-state index is 0.0590. The number of rotatable bonds is 5. The zero-order chi connectivity index (χ0) is 17.8. The number of hydrogen-bond donors (Lipinski definition) is 0. The number of benzene rings is 2. The fraction of sp³-hybridized carbons (Fsp3) is 0.400. The lowest BCUT2D eigenvalue weighted by Gasteiger charge is -2.30. The van der Waals surface area contributed by atoms with Crippen molar-refractivity contribution in [2.45, 2.75) is 32.5 Å². The lowest BCUT2D eigenvalue weighted by molar-refractivity contribution is -0.193. The Morgan fingerprint density at radius 2 is 1.68 bits per heavy atom. The van der Waals surface area contributed by atoms with E-state index in [-0.39, 0.29) is 17.2 Å². The molecule has 1 aliphatic rings. The molecule has 0 aromatic heterocycles. The molecular formula is C20H22F2O3. The second-order valence-corrected chi connectivity index (χ2v) is 6.24. The highest BCUT2D eigenvalue weighted by Crippen LogP contribution is 2.34. The molecule has 0 radical (unpaired) electrons. The van der Waals surface area contributed by atoms with Crippen molar-refractivity contribution in [2.75, 3.05) is 19.8 Å². The third-order valence-electron chi connectivity index (χ3n) is 4.24. The molecule has 0 atom stereocenters. The molecule has 5 heteroatoms. The molecule has 2 aromatic carbocycles. The van der Waals surface area contributed by atoms with Crippen molar-refractivity contribution in [1.82, 2.24) is 0 Å². The summed E-state index contributed by atoms with van der Waals surface area (Å²) in [5, 5.41) is 0. The van der Waals surface area contributed by atoms with Crippen LogP contribution in [0.25, 0.3) is 0 Å². The first-order chi connectivity index (χ1) is 12.1. The van der Waals surface area contributed by atoms with Crippen LogP contribution in [0, 0.1) is 18.6 Å². The third kappa shape index (κ3) is 3.99. The Labute approximate surface area is 146 Å². The van der Waals surface area contributed by atoms with Gasteiger partial charge in [0.15, 0.2) is 17.9 Å². The van der Waals surface area contributed by atoms with E-state index < -0.39 is 17.9 Å². The summed E-state index contributed by atoms with van der Waals surface area (Å²) in [4.78, 5) is 0. The molecule has 1 saturated heterocycles. The van der Waals surface area contributed by atoms with E-state index in [0.717, 1.165) is 12.0 Å². The van der Waals surface area contributed by atoms with Gasteiger partial charge < -0.3 is 14.2 Å². The van der Waals surface area contributed by atoms with Gasteiger partial charge in [0.05, 0.1) is 19.8 Å². The number of hydrogen-bond acceptors (Lipinski definition) is 3. The summed E-state index contributed by atoms with van der Waals surface area (Å²) in [6, 6.07) is 11.0. The van der Waals surface area contributed by atoms with Gasteiger partial charge in [-0.25, -0.2) is 4.39 Å². The third-order valence-corrected chi connectivity index (χ3v) is 4.24. The molecule has 1 heterocycles. The molecule has 0 amide bonds. The average Bonchev–Trinajstić information content (AvgIpc) is 2.64. The molecule has 3 rings (SSSR count). The van der Waals surface area contributed by atoms with Crippen molar-refractivity contribution in [3.63, 3.8) is 0 Å². The molecule has 0 aliphatic carbocycles. The number of aryl methyl sites for hydroxylation is 1. The molecule has 0 bridgehead atoms. The summed E-state index contributed by atoms with van der Waals surface area (Å²) < 4.78 is 44.9. The highest BCUT2D eigenvalue weighted by molar-refractivity contribution is 5.32. The Bertz CT molecular complexity index is 708. The fourth-order valence-electron chi connectivity index (χ4n) is 2.77. The summed E-state index contributed by atoms with van der Waals surface area (Å²) in [5.74, 6) is -1.99. The van der Waals surface area contributed by atoms with Crippen LogP contribution in [-0.4, -0.2) is 19.8 Å².